The molecule has 0 saturated heterocycles. The molecule has 0 unspecified atom stereocenters. The fourth-order valence-corrected chi connectivity index (χ4v) is 4.59. The number of nitrogens with one attached hydrogen (secondary N) is 1. The molecule has 10 rings (SSSR count). The van der Waals surface area contributed by atoms with Gasteiger partial charge < -0.3 is 5.41 Å². The van der Waals surface area contributed by atoms with Crippen molar-refractivity contribution in [3.05, 3.63) is 260 Å². The summed E-state index contributed by atoms with van der Waals surface area (Å²) in [4.78, 5) is 15.2. The molecule has 66 heavy (non-hydrogen) atoms. The first-order chi connectivity index (χ1) is 31.6. The lowest BCUT2D eigenvalue weighted by Gasteiger charge is -1.92. The van der Waals surface area contributed by atoms with Crippen LogP contribution in [0, 0.1) is 5.41 Å². The van der Waals surface area contributed by atoms with Gasteiger partial charge in [-0.3, -0.25) is 20.0 Å². The molecular weight excluding hydrogens is 805 g/mol. The molecule has 1 N–H and O–H groups in total. The van der Waals surface area contributed by atoms with Crippen LogP contribution in [0.25, 0.3) is 0 Å². The first-order valence-electron chi connectivity index (χ1n) is 21.8. The van der Waals surface area contributed by atoms with Crippen molar-refractivity contribution in [3.8, 4) is 0 Å². The lowest BCUT2D eigenvalue weighted by Crippen LogP contribution is -2.25. The van der Waals surface area contributed by atoms with Gasteiger partial charge in [0.25, 0.3) is 0 Å². The smallest absolute Gasteiger partial charge is 0.168 e. The lowest BCUT2D eigenvalue weighted by atomic mass is 10.1. The van der Waals surface area contributed by atoms with E-state index in [1.165, 1.54) is 11.1 Å². The van der Waals surface area contributed by atoms with Crippen LogP contribution in [-0.2, 0) is 19.9 Å². The van der Waals surface area contributed by atoms with Crippen molar-refractivity contribution < 1.29 is 4.57 Å². The van der Waals surface area contributed by atoms with E-state index < -0.39 is 0 Å². The number of nitrogens with zero attached hydrogens (tertiary/aromatic N) is 5. The molecule has 0 saturated carbocycles. The first-order valence-corrected chi connectivity index (χ1v) is 21.8. The number of rotatable bonds is 3. The SMILES string of the molecule is C.C.C1=CCN=C1.C1=CN=CC1.C1=CN=CC1.C1=CN=CC1.CC(=N)c1ccccc1.CCc1ccccc1.CCc1ccccc1.C[n+]1ccccc1.c1ccccc1.c1ccccc1. The van der Waals surface area contributed by atoms with Crippen LogP contribution in [0.5, 0.6) is 0 Å². The average molecular weight is 882 g/mol. The average Bonchev–Trinajstić information content (AvgIpc) is 4.26. The first kappa shape index (κ1) is 60.6. The zero-order chi connectivity index (χ0) is 46.1. The number of hydrogen-bond acceptors (Lipinski definition) is 5. The molecular formula is C60H77N6+. The summed E-state index contributed by atoms with van der Waals surface area (Å²) in [6.07, 6.45) is 32.2. The summed E-state index contributed by atoms with van der Waals surface area (Å²) in [5, 5.41) is 7.24. The van der Waals surface area contributed by atoms with Gasteiger partial charge in [-0.25, -0.2) is 4.57 Å². The summed E-state index contributed by atoms with van der Waals surface area (Å²) in [6, 6.07) is 60.6. The zero-order valence-corrected chi connectivity index (χ0v) is 38.4. The number of aliphatic imine (C=N–C) groups is 4. The molecule has 0 spiro atoms. The Bertz CT molecular complexity index is 1890. The Morgan fingerprint density at radius 2 is 0.788 bits per heavy atom. The zero-order valence-electron chi connectivity index (χ0n) is 38.4. The second-order valence-corrected chi connectivity index (χ2v) is 13.3. The van der Waals surface area contributed by atoms with Gasteiger partial charge in [-0.05, 0) is 42.5 Å². The third-order valence-corrected chi connectivity index (χ3v) is 8.06. The molecule has 5 aromatic carbocycles. The van der Waals surface area contributed by atoms with E-state index in [4.69, 9.17) is 5.41 Å². The molecule has 0 bridgehead atoms. The molecule has 6 heteroatoms. The van der Waals surface area contributed by atoms with Crippen molar-refractivity contribution in [2.75, 3.05) is 6.54 Å². The molecule has 0 amide bonds. The predicted octanol–water partition coefficient (Wildman–Crippen LogP) is 15.3. The number of aromatic nitrogens is 1. The molecule has 346 valence electrons. The summed E-state index contributed by atoms with van der Waals surface area (Å²) in [5.41, 5.74) is 4.44. The van der Waals surface area contributed by atoms with Gasteiger partial charge >= 0.3 is 0 Å². The van der Waals surface area contributed by atoms with Crippen LogP contribution in [0.15, 0.2) is 263 Å². The van der Waals surface area contributed by atoms with E-state index in [0.29, 0.717) is 5.71 Å². The highest BCUT2D eigenvalue weighted by Gasteiger charge is 1.88. The van der Waals surface area contributed by atoms with E-state index in [2.05, 4.69) is 82.3 Å². The van der Waals surface area contributed by atoms with Gasteiger partial charge in [0.1, 0.15) is 7.05 Å². The van der Waals surface area contributed by atoms with E-state index in [9.17, 15) is 0 Å². The van der Waals surface area contributed by atoms with Crippen LogP contribution in [-0.4, -0.2) is 37.1 Å². The van der Waals surface area contributed by atoms with E-state index in [1.807, 2.05) is 206 Å². The molecule has 0 radical (unpaired) electrons. The Morgan fingerprint density at radius 3 is 0.939 bits per heavy atom. The van der Waals surface area contributed by atoms with E-state index in [1.54, 1.807) is 31.7 Å². The Balaban J connectivity index is 0. The fourth-order valence-electron chi connectivity index (χ4n) is 4.59. The van der Waals surface area contributed by atoms with Gasteiger partial charge in [0.05, 0.1) is 6.54 Å². The maximum Gasteiger partial charge on any atom is 0.168 e. The van der Waals surface area contributed by atoms with Gasteiger partial charge in [-0.1, -0.05) is 223 Å². The van der Waals surface area contributed by atoms with Gasteiger partial charge in [0.15, 0.2) is 12.4 Å². The van der Waals surface area contributed by atoms with Crippen LogP contribution in [0.1, 0.15) is 71.6 Å². The van der Waals surface area contributed by atoms with Crippen molar-refractivity contribution in [2.24, 2.45) is 27.0 Å². The Kier molecular flexibility index (Phi) is 44.7. The summed E-state index contributed by atoms with van der Waals surface area (Å²) in [6.45, 7) is 7.00. The predicted molar refractivity (Wildman–Crippen MR) is 294 cm³/mol. The molecule has 0 aliphatic carbocycles. The minimum absolute atomic E-state index is 0. The third kappa shape index (κ3) is 41.9. The maximum absolute atomic E-state index is 7.24. The van der Waals surface area contributed by atoms with Crippen molar-refractivity contribution in [2.45, 2.75) is 67.7 Å². The highest BCUT2D eigenvalue weighted by Crippen LogP contribution is 1.99. The molecule has 6 nitrogen and oxygen atoms in total. The van der Waals surface area contributed by atoms with E-state index in [-0.39, 0.29) is 14.9 Å². The molecule has 0 atom stereocenters. The van der Waals surface area contributed by atoms with Gasteiger partial charge in [-0.15, -0.1) is 0 Å². The number of aryl methyl sites for hydroxylation is 3. The summed E-state index contributed by atoms with van der Waals surface area (Å²) < 4.78 is 2.00. The normalized spacial score (nSPS) is 11.2. The van der Waals surface area contributed by atoms with Crippen LogP contribution < -0.4 is 4.57 Å². The number of pyridine rings is 1. The van der Waals surface area contributed by atoms with Crippen LogP contribution in [0.4, 0.5) is 0 Å². The van der Waals surface area contributed by atoms with E-state index >= 15 is 0 Å². The van der Waals surface area contributed by atoms with Crippen LogP contribution in [0.2, 0.25) is 0 Å². The largest absolute Gasteiger partial charge is 0.305 e. The third-order valence-electron chi connectivity index (χ3n) is 8.06. The highest BCUT2D eigenvalue weighted by molar-refractivity contribution is 5.96. The molecule has 4 aliphatic heterocycles. The molecule has 6 aromatic rings. The topological polar surface area (TPSA) is 77.2 Å². The van der Waals surface area contributed by atoms with Crippen molar-refractivity contribution in [1.29, 1.82) is 5.41 Å². The number of benzene rings is 5. The lowest BCUT2D eigenvalue weighted by molar-refractivity contribution is -0.671. The standard InChI is InChI=1S/C8H9N.2C8H10.C6H8N.2C6H6.4C4H5N.2CH4/c1-7(9)8-5-3-2-4-6-8;2*1-2-8-6-4-3-5-7-8;1-7-5-3-2-4-6-7;2*1-2-4-6-5-3-1;4*1-2-4-5-3-1;;/h2-6,9H,1H3;2*3-7H,2H2,1H3;2-6H,1H3;2*1-6H;3*1,3-4H,2H2;1-3H,4H2;2*1H4/q;;;+1;;;;;;;;. The number of hydrogen-bond donors (Lipinski definition) is 1. The Morgan fingerprint density at radius 1 is 0.470 bits per heavy atom. The van der Waals surface area contributed by atoms with Gasteiger partial charge in [0, 0.05) is 80.6 Å². The molecule has 4 aliphatic rings. The molecule has 5 heterocycles. The van der Waals surface area contributed by atoms with Crippen molar-refractivity contribution in [1.82, 2.24) is 0 Å². The molecule has 0 fully saturated rings. The van der Waals surface area contributed by atoms with E-state index in [0.717, 1.165) is 44.2 Å². The number of allylic oxidation sites excluding steroid dienone is 4. The van der Waals surface area contributed by atoms with Crippen LogP contribution >= 0.6 is 0 Å². The minimum atomic E-state index is 0. The van der Waals surface area contributed by atoms with Crippen molar-refractivity contribution >= 4 is 30.6 Å². The Hall–Kier alpha value is -7.44. The maximum atomic E-state index is 7.24. The summed E-state index contributed by atoms with van der Waals surface area (Å²) >= 11 is 0. The van der Waals surface area contributed by atoms with Crippen LogP contribution in [0.3, 0.4) is 0 Å². The monoisotopic (exact) mass is 882 g/mol. The summed E-state index contributed by atoms with van der Waals surface area (Å²) in [7, 11) is 2.00. The molecule has 1 aromatic heterocycles. The van der Waals surface area contributed by atoms with Crippen molar-refractivity contribution in [3.63, 3.8) is 0 Å². The second-order valence-electron chi connectivity index (χ2n) is 13.3. The van der Waals surface area contributed by atoms with Gasteiger partial charge in [0.2, 0.25) is 0 Å². The summed E-state index contributed by atoms with van der Waals surface area (Å²) in [5.74, 6) is 0. The quantitative estimate of drug-likeness (QED) is 0.136. The van der Waals surface area contributed by atoms with Gasteiger partial charge in [-0.2, -0.15) is 0 Å². The second kappa shape index (κ2) is 48.6. The highest BCUT2D eigenvalue weighted by atomic mass is 14.9. The minimum Gasteiger partial charge on any atom is -0.305 e. The Labute approximate surface area is 400 Å². The fraction of sp³-hybridized carbons (Fsp3) is 0.200.